The topological polar surface area (TPSA) is 118 Å². The lowest BCUT2D eigenvalue weighted by Crippen LogP contribution is -2.58. The molecule has 0 bridgehead atoms. The molecule has 33 heavy (non-hydrogen) atoms. The Morgan fingerprint density at radius 2 is 2.00 bits per heavy atom. The van der Waals surface area contributed by atoms with Crippen molar-refractivity contribution in [3.63, 3.8) is 0 Å². The van der Waals surface area contributed by atoms with Crippen LogP contribution < -0.4 is 5.32 Å². The van der Waals surface area contributed by atoms with E-state index in [4.69, 9.17) is 16.3 Å². The highest BCUT2D eigenvalue weighted by Crippen LogP contribution is 2.32. The Labute approximate surface area is 196 Å². The lowest BCUT2D eigenvalue weighted by molar-refractivity contribution is -0.146. The van der Waals surface area contributed by atoms with Gasteiger partial charge in [-0.25, -0.2) is 15.0 Å². The highest BCUT2D eigenvalue weighted by Gasteiger charge is 2.38. The van der Waals surface area contributed by atoms with Gasteiger partial charge in [0.2, 0.25) is 11.8 Å². The number of hydrogen-bond acceptors (Lipinski definition) is 7. The van der Waals surface area contributed by atoms with E-state index in [0.29, 0.717) is 23.5 Å². The maximum atomic E-state index is 12.6. The van der Waals surface area contributed by atoms with Gasteiger partial charge in [-0.05, 0) is 29.8 Å². The zero-order valence-corrected chi connectivity index (χ0v) is 19.4. The van der Waals surface area contributed by atoms with Crippen LogP contribution in [0.4, 0.5) is 0 Å². The van der Waals surface area contributed by atoms with Gasteiger partial charge in [-0.1, -0.05) is 18.2 Å². The van der Waals surface area contributed by atoms with E-state index in [1.54, 1.807) is 29.0 Å². The van der Waals surface area contributed by atoms with Crippen molar-refractivity contribution in [2.75, 3.05) is 33.9 Å². The number of hydrogen-bond donors (Lipinski definition) is 1. The van der Waals surface area contributed by atoms with Crippen LogP contribution in [0.15, 0.2) is 37.2 Å². The number of piperazine rings is 1. The Bertz CT molecular complexity index is 1080. The van der Waals surface area contributed by atoms with Crippen molar-refractivity contribution in [3.05, 3.63) is 53.6 Å². The summed E-state index contributed by atoms with van der Waals surface area (Å²) in [5.41, 5.74) is 1.65. The van der Waals surface area contributed by atoms with Gasteiger partial charge in [0, 0.05) is 34.2 Å². The summed E-state index contributed by atoms with van der Waals surface area (Å²) in [5.74, 6) is -0.765. The zero-order valence-electron chi connectivity index (χ0n) is 18.6. The second-order valence-corrected chi connectivity index (χ2v) is 7.86. The molecule has 0 spiro atoms. The number of amides is 3. The van der Waals surface area contributed by atoms with Gasteiger partial charge in [-0.3, -0.25) is 14.4 Å². The van der Waals surface area contributed by atoms with Gasteiger partial charge in [0.25, 0.3) is 5.91 Å². The third-order valence-electron chi connectivity index (χ3n) is 5.35. The average molecular weight is 473 g/mol. The molecule has 2 atom stereocenters. The molecule has 3 amide bonds. The smallest absolute Gasteiger partial charge is 0.269 e. The van der Waals surface area contributed by atoms with E-state index in [1.165, 1.54) is 32.4 Å². The molecule has 0 radical (unpaired) electrons. The van der Waals surface area contributed by atoms with Crippen LogP contribution in [0.25, 0.3) is 11.4 Å². The van der Waals surface area contributed by atoms with Crippen LogP contribution in [0.2, 0.25) is 5.15 Å². The van der Waals surface area contributed by atoms with Gasteiger partial charge >= 0.3 is 0 Å². The summed E-state index contributed by atoms with van der Waals surface area (Å²) in [4.78, 5) is 52.9. The van der Waals surface area contributed by atoms with E-state index in [0.717, 1.165) is 0 Å². The number of nitrogens with one attached hydrogen (secondary N) is 1. The van der Waals surface area contributed by atoms with E-state index in [9.17, 15) is 14.4 Å². The Morgan fingerprint density at radius 1 is 1.24 bits per heavy atom. The molecule has 0 aliphatic carbocycles. The predicted molar refractivity (Wildman–Crippen MR) is 121 cm³/mol. The quantitative estimate of drug-likeness (QED) is 0.499. The molecule has 0 saturated carbocycles. The normalized spacial score (nSPS) is 18.1. The number of carbonyl (C=O) groups is 3. The second kappa shape index (κ2) is 10.5. The predicted octanol–water partition coefficient (Wildman–Crippen LogP) is 1.48. The van der Waals surface area contributed by atoms with Crippen molar-refractivity contribution in [2.45, 2.75) is 19.0 Å². The number of ether oxygens (including phenoxy) is 1. The first-order valence-electron chi connectivity index (χ1n) is 10.2. The number of rotatable bonds is 6. The molecule has 2 aromatic rings. The van der Waals surface area contributed by atoms with Crippen molar-refractivity contribution in [2.24, 2.45) is 0 Å². The van der Waals surface area contributed by atoms with Gasteiger partial charge in [-0.15, -0.1) is 0 Å². The fourth-order valence-corrected chi connectivity index (χ4v) is 4.15. The highest BCUT2D eigenvalue weighted by molar-refractivity contribution is 6.29. The fourth-order valence-electron chi connectivity index (χ4n) is 3.94. The minimum absolute atomic E-state index is 0.161. The molecule has 0 aromatic carbocycles. The van der Waals surface area contributed by atoms with Crippen molar-refractivity contribution in [1.82, 2.24) is 30.1 Å². The largest absolute Gasteiger partial charge is 0.382 e. The van der Waals surface area contributed by atoms with Crippen molar-refractivity contribution in [3.8, 4) is 11.4 Å². The highest BCUT2D eigenvalue weighted by atomic mass is 35.5. The molecule has 3 rings (SSSR count). The standard InChI is InChI=1S/C22H25ClN6O4/c1-5-21(31)28-9-15(11-33-4)29(13(2)30)19(10-28)14-6-17(27-20(23)7-14)16-8-18(22(32)24-3)26-12-25-16/h5-8,12,15,19H,1,9-11H2,2-4H3,(H,24,32)/t15-,19?/m1/s1. The number of halogens is 1. The number of pyridine rings is 1. The van der Waals surface area contributed by atoms with Gasteiger partial charge in [0.1, 0.15) is 17.2 Å². The molecule has 1 unspecified atom stereocenters. The minimum Gasteiger partial charge on any atom is -0.382 e. The maximum absolute atomic E-state index is 12.6. The van der Waals surface area contributed by atoms with E-state index in [2.05, 4.69) is 26.8 Å². The fraction of sp³-hybridized carbons (Fsp3) is 0.364. The lowest BCUT2D eigenvalue weighted by atomic mass is 9.98. The zero-order chi connectivity index (χ0) is 24.1. The second-order valence-electron chi connectivity index (χ2n) is 7.47. The average Bonchev–Trinajstić information content (AvgIpc) is 2.82. The monoisotopic (exact) mass is 472 g/mol. The molecule has 1 N–H and O–H groups in total. The molecular formula is C22H25ClN6O4. The molecule has 1 fully saturated rings. The maximum Gasteiger partial charge on any atom is 0.269 e. The molecule has 1 aliphatic heterocycles. The summed E-state index contributed by atoms with van der Waals surface area (Å²) in [6.07, 6.45) is 2.51. The first-order chi connectivity index (χ1) is 15.8. The first-order valence-corrected chi connectivity index (χ1v) is 10.6. The molecule has 1 saturated heterocycles. The van der Waals surface area contributed by atoms with Gasteiger partial charge < -0.3 is 19.9 Å². The summed E-state index contributed by atoms with van der Waals surface area (Å²) in [6, 6.07) is 4.04. The van der Waals surface area contributed by atoms with E-state index in [-0.39, 0.29) is 47.8 Å². The van der Waals surface area contributed by atoms with Crippen LogP contribution in [0, 0.1) is 0 Å². The SMILES string of the molecule is C=CC(=O)N1CC(c2cc(Cl)nc(-c3cc(C(=O)NC)ncn3)c2)N(C(C)=O)[C@@H](COC)C1. The Balaban J connectivity index is 2.08. The third-order valence-corrected chi connectivity index (χ3v) is 5.55. The van der Waals surface area contributed by atoms with Crippen molar-refractivity contribution < 1.29 is 19.1 Å². The van der Waals surface area contributed by atoms with Gasteiger partial charge in [0.15, 0.2) is 0 Å². The molecule has 10 nitrogen and oxygen atoms in total. The van der Waals surface area contributed by atoms with Crippen molar-refractivity contribution in [1.29, 1.82) is 0 Å². The lowest BCUT2D eigenvalue weighted by Gasteiger charge is -2.46. The Hall–Kier alpha value is -3.37. The Morgan fingerprint density at radius 3 is 2.64 bits per heavy atom. The summed E-state index contributed by atoms with van der Waals surface area (Å²) in [6.45, 7) is 5.87. The third kappa shape index (κ3) is 5.35. The molecule has 174 valence electrons. The molecule has 3 heterocycles. The van der Waals surface area contributed by atoms with Crippen LogP contribution in [0.3, 0.4) is 0 Å². The summed E-state index contributed by atoms with van der Waals surface area (Å²) < 4.78 is 5.32. The molecule has 2 aromatic heterocycles. The molecular weight excluding hydrogens is 448 g/mol. The number of methoxy groups -OCH3 is 1. The van der Waals surface area contributed by atoms with Gasteiger partial charge in [0.05, 0.1) is 30.1 Å². The Kier molecular flexibility index (Phi) is 7.72. The first kappa shape index (κ1) is 24.3. The van der Waals surface area contributed by atoms with Crippen LogP contribution in [0.5, 0.6) is 0 Å². The van der Waals surface area contributed by atoms with Crippen LogP contribution in [0.1, 0.15) is 29.0 Å². The molecule has 1 aliphatic rings. The molecule has 11 heteroatoms. The van der Waals surface area contributed by atoms with Gasteiger partial charge in [-0.2, -0.15) is 0 Å². The van der Waals surface area contributed by atoms with Crippen LogP contribution in [-0.2, 0) is 14.3 Å². The number of nitrogens with zero attached hydrogens (tertiary/aromatic N) is 5. The number of aromatic nitrogens is 3. The minimum atomic E-state index is -0.500. The van der Waals surface area contributed by atoms with E-state index < -0.39 is 6.04 Å². The number of carbonyl (C=O) groups excluding carboxylic acids is 3. The summed E-state index contributed by atoms with van der Waals surface area (Å²) in [5, 5.41) is 2.70. The summed E-state index contributed by atoms with van der Waals surface area (Å²) >= 11 is 6.34. The van der Waals surface area contributed by atoms with E-state index >= 15 is 0 Å². The van der Waals surface area contributed by atoms with E-state index in [1.807, 2.05) is 0 Å². The van der Waals surface area contributed by atoms with Crippen molar-refractivity contribution >= 4 is 29.3 Å². The van der Waals surface area contributed by atoms with Crippen LogP contribution in [-0.4, -0.2) is 82.4 Å². The summed E-state index contributed by atoms with van der Waals surface area (Å²) in [7, 11) is 3.05. The van der Waals surface area contributed by atoms with Crippen LogP contribution >= 0.6 is 11.6 Å².